The van der Waals surface area contributed by atoms with Crippen molar-refractivity contribution in [2.24, 2.45) is 0 Å². The van der Waals surface area contributed by atoms with Crippen molar-refractivity contribution in [1.29, 1.82) is 0 Å². The first-order valence-electron chi connectivity index (χ1n) is 17.1. The molecule has 0 saturated carbocycles. The van der Waals surface area contributed by atoms with E-state index in [9.17, 15) is 10.2 Å². The number of rotatable bonds is 9. The zero-order chi connectivity index (χ0) is 34.2. The molecule has 0 amide bonds. The van der Waals surface area contributed by atoms with Crippen LogP contribution in [0.25, 0.3) is 32.9 Å². The molecule has 4 N–H and O–H groups in total. The number of aliphatic hydroxyl groups is 2. The van der Waals surface area contributed by atoms with Crippen molar-refractivity contribution in [3.63, 3.8) is 0 Å². The number of nitrogens with one attached hydrogen (secondary N) is 2. The lowest BCUT2D eigenvalue weighted by atomic mass is 9.98. The van der Waals surface area contributed by atoms with Crippen molar-refractivity contribution in [2.75, 3.05) is 36.8 Å². The van der Waals surface area contributed by atoms with E-state index >= 15 is 0 Å². The number of likely N-dealkylation sites (tertiary alicyclic amines) is 2. The Morgan fingerprint density at radius 3 is 1.76 bits per heavy atom. The Bertz CT molecular complexity index is 2040. The highest BCUT2D eigenvalue weighted by molar-refractivity contribution is 6.36. The average Bonchev–Trinajstić information content (AvgIpc) is 3.73. The molecule has 2 unspecified atom stereocenters. The topological polar surface area (TPSA) is 123 Å². The fourth-order valence-corrected chi connectivity index (χ4v) is 7.42. The van der Waals surface area contributed by atoms with Gasteiger partial charge in [-0.2, -0.15) is 0 Å². The summed E-state index contributed by atoms with van der Waals surface area (Å²) in [5.74, 6) is 1.32. The maximum absolute atomic E-state index is 9.92. The molecule has 8 rings (SSSR count). The monoisotopic (exact) mass is 686 g/mol. The normalized spacial score (nSPS) is 18.3. The van der Waals surface area contributed by atoms with Gasteiger partial charge in [-0.1, -0.05) is 35.9 Å². The van der Waals surface area contributed by atoms with Crippen LogP contribution in [0.1, 0.15) is 29.5 Å². The minimum absolute atomic E-state index is 0.244. The van der Waals surface area contributed by atoms with Crippen LogP contribution in [0.15, 0.2) is 85.5 Å². The van der Waals surface area contributed by atoms with E-state index in [-0.39, 0.29) is 12.2 Å². The quantitative estimate of drug-likeness (QED) is 0.129. The Labute approximate surface area is 295 Å². The molecule has 2 saturated heterocycles. The first-order valence-corrected chi connectivity index (χ1v) is 17.5. The van der Waals surface area contributed by atoms with Crippen molar-refractivity contribution >= 4 is 56.4 Å². The molecule has 6 aromatic rings. The van der Waals surface area contributed by atoms with Gasteiger partial charge in [-0.15, -0.1) is 0 Å². The molecule has 0 bridgehead atoms. The number of nitrogens with zero attached hydrogens (tertiary/aromatic N) is 6. The lowest BCUT2D eigenvalue weighted by Crippen LogP contribution is -2.21. The summed E-state index contributed by atoms with van der Waals surface area (Å²) >= 11 is 7.13. The highest BCUT2D eigenvalue weighted by Crippen LogP contribution is 2.39. The zero-order valence-electron chi connectivity index (χ0n) is 27.9. The van der Waals surface area contributed by atoms with Crippen LogP contribution in [0.5, 0.6) is 0 Å². The largest absolute Gasteiger partial charge is 0.392 e. The first-order chi connectivity index (χ1) is 24.4. The fourth-order valence-electron chi connectivity index (χ4n) is 7.15. The smallest absolute Gasteiger partial charge is 0.156 e. The highest BCUT2D eigenvalue weighted by atomic mass is 35.5. The Morgan fingerprint density at radius 1 is 0.700 bits per heavy atom. The van der Waals surface area contributed by atoms with Crippen LogP contribution >= 0.6 is 11.6 Å². The number of benzene rings is 2. The van der Waals surface area contributed by atoms with Crippen molar-refractivity contribution in [3.05, 3.63) is 107 Å². The Balaban J connectivity index is 1.03. The molecule has 2 aliphatic heterocycles. The second-order valence-electron chi connectivity index (χ2n) is 13.4. The maximum Gasteiger partial charge on any atom is 0.156 e. The van der Waals surface area contributed by atoms with Gasteiger partial charge in [0.25, 0.3) is 0 Å². The molecule has 0 radical (unpaired) electrons. The van der Waals surface area contributed by atoms with Gasteiger partial charge < -0.3 is 20.8 Å². The Hall–Kier alpha value is -4.71. The fraction of sp³-hybridized carbons (Fsp3) is 0.282. The van der Waals surface area contributed by atoms with Gasteiger partial charge in [0.1, 0.15) is 11.0 Å². The molecule has 6 heterocycles. The minimum Gasteiger partial charge on any atom is -0.392 e. The molecule has 10 nitrogen and oxygen atoms in total. The summed E-state index contributed by atoms with van der Waals surface area (Å²) in [5, 5.41) is 29.4. The summed E-state index contributed by atoms with van der Waals surface area (Å²) in [6.07, 6.45) is 8.51. The van der Waals surface area contributed by atoms with Gasteiger partial charge >= 0.3 is 0 Å². The van der Waals surface area contributed by atoms with Crippen LogP contribution in [0.3, 0.4) is 0 Å². The summed E-state index contributed by atoms with van der Waals surface area (Å²) in [7, 11) is 0. The van der Waals surface area contributed by atoms with E-state index in [1.165, 1.54) is 0 Å². The van der Waals surface area contributed by atoms with E-state index in [4.69, 9.17) is 21.6 Å². The summed E-state index contributed by atoms with van der Waals surface area (Å²) in [5.41, 5.74) is 8.33. The van der Waals surface area contributed by atoms with Crippen LogP contribution < -0.4 is 10.6 Å². The average molecular weight is 687 g/mol. The number of β-amino-alcohol motifs (C(OH)–C–C–N with tert-alkyl or cyclic N) is 2. The summed E-state index contributed by atoms with van der Waals surface area (Å²) < 4.78 is 0. The molecule has 2 fully saturated rings. The maximum atomic E-state index is 9.92. The third kappa shape index (κ3) is 6.73. The van der Waals surface area contributed by atoms with E-state index in [2.05, 4.69) is 55.5 Å². The van der Waals surface area contributed by atoms with E-state index in [0.29, 0.717) is 29.7 Å². The predicted molar refractivity (Wildman–Crippen MR) is 199 cm³/mol. The van der Waals surface area contributed by atoms with Gasteiger partial charge in [-0.25, -0.2) is 9.97 Å². The molecule has 0 aliphatic carbocycles. The van der Waals surface area contributed by atoms with Gasteiger partial charge in [0.2, 0.25) is 0 Å². The molecule has 254 valence electrons. The first kappa shape index (κ1) is 32.5. The molecular formula is C39H39ClN8O2. The number of anilines is 4. The van der Waals surface area contributed by atoms with E-state index in [1.807, 2.05) is 54.9 Å². The molecule has 11 heteroatoms. The van der Waals surface area contributed by atoms with Crippen LogP contribution in [0.4, 0.5) is 23.0 Å². The van der Waals surface area contributed by atoms with Crippen molar-refractivity contribution in [2.45, 2.75) is 45.1 Å². The predicted octanol–water partition coefficient (Wildman–Crippen LogP) is 6.82. The van der Waals surface area contributed by atoms with E-state index in [0.717, 1.165) is 100 Å². The number of hydrogen-bond donors (Lipinski definition) is 4. The molecule has 2 atom stereocenters. The van der Waals surface area contributed by atoms with Crippen LogP contribution in [-0.2, 0) is 13.1 Å². The summed E-state index contributed by atoms with van der Waals surface area (Å²) in [4.78, 5) is 23.3. The van der Waals surface area contributed by atoms with Gasteiger partial charge in [0, 0.05) is 86.1 Å². The molecule has 2 aromatic carbocycles. The Kier molecular flexibility index (Phi) is 9.03. The summed E-state index contributed by atoms with van der Waals surface area (Å²) in [6.45, 7) is 6.77. The van der Waals surface area contributed by atoms with Gasteiger partial charge in [0.05, 0.1) is 22.9 Å². The number of fused-ring (bicyclic) bond motifs is 2. The molecular weight excluding hydrogens is 648 g/mol. The molecule has 50 heavy (non-hydrogen) atoms. The van der Waals surface area contributed by atoms with Gasteiger partial charge in [0.15, 0.2) is 11.6 Å². The van der Waals surface area contributed by atoms with Gasteiger partial charge in [-0.05, 0) is 78.4 Å². The van der Waals surface area contributed by atoms with E-state index in [1.54, 1.807) is 12.4 Å². The number of aliphatic hydroxyl groups excluding tert-OH is 2. The van der Waals surface area contributed by atoms with E-state index < -0.39 is 0 Å². The number of pyridine rings is 4. The van der Waals surface area contributed by atoms with Crippen molar-refractivity contribution in [3.8, 4) is 11.1 Å². The number of halogens is 1. The van der Waals surface area contributed by atoms with Crippen LogP contribution in [0.2, 0.25) is 5.02 Å². The third-order valence-electron chi connectivity index (χ3n) is 9.75. The number of hydrogen-bond acceptors (Lipinski definition) is 10. The number of aromatic nitrogens is 4. The highest BCUT2D eigenvalue weighted by Gasteiger charge is 2.22. The molecule has 2 aliphatic rings. The third-order valence-corrected chi connectivity index (χ3v) is 10.2. The zero-order valence-corrected chi connectivity index (χ0v) is 28.6. The van der Waals surface area contributed by atoms with Crippen LogP contribution in [-0.4, -0.2) is 78.3 Å². The minimum atomic E-state index is -0.249. The Morgan fingerprint density at radius 2 is 1.22 bits per heavy atom. The molecule has 4 aromatic heterocycles. The van der Waals surface area contributed by atoms with Crippen molar-refractivity contribution in [1.82, 2.24) is 29.7 Å². The SMILES string of the molecule is Cc1c(Nc2nccc3cc(CN4CCC(O)C4)cnc23)cccc1-c1cccc(Nc2nccc3cc(CN4CCC(O)C4)cnc23)c1Cl. The summed E-state index contributed by atoms with van der Waals surface area (Å²) in [6, 6.07) is 20.3. The lowest BCUT2D eigenvalue weighted by molar-refractivity contribution is 0.174. The standard InChI is InChI=1S/C39H39ClN8O2/c1-24-31(4-2-6-33(24)45-38-36-27(8-12-41-38)16-25(18-43-36)20-47-14-10-29(49)22-47)32-5-3-7-34(35(32)40)46-39-37-28(9-13-42-39)17-26(19-44-37)21-48-15-11-30(50)23-48/h2-9,12-13,16-19,29-30,49-50H,10-11,14-15,20-23H2,1H3,(H,41,45)(H,42,46). The molecule has 0 spiro atoms. The second kappa shape index (κ2) is 13.9. The van der Waals surface area contributed by atoms with Crippen LogP contribution in [0, 0.1) is 6.92 Å². The van der Waals surface area contributed by atoms with Gasteiger partial charge in [-0.3, -0.25) is 19.8 Å². The lowest BCUT2D eigenvalue weighted by Gasteiger charge is -2.18. The second-order valence-corrected chi connectivity index (χ2v) is 13.8. The van der Waals surface area contributed by atoms with Crippen molar-refractivity contribution < 1.29 is 10.2 Å².